The zero-order valence-corrected chi connectivity index (χ0v) is 15.4. The van der Waals surface area contributed by atoms with Crippen LogP contribution in [0.15, 0.2) is 35.2 Å². The normalized spacial score (nSPS) is 15.8. The van der Waals surface area contributed by atoms with Gasteiger partial charge in [-0.05, 0) is 24.0 Å². The van der Waals surface area contributed by atoms with E-state index in [1.54, 1.807) is 11.8 Å². The van der Waals surface area contributed by atoms with Crippen molar-refractivity contribution >= 4 is 39.9 Å². The number of carbonyl (C=O) groups is 2. The number of benzene rings is 1. The Balaban J connectivity index is 1.55. The summed E-state index contributed by atoms with van der Waals surface area (Å²) in [5, 5.41) is 3.38. The summed E-state index contributed by atoms with van der Waals surface area (Å²) in [6.45, 7) is 4.15. The van der Waals surface area contributed by atoms with E-state index in [0.29, 0.717) is 28.6 Å². The summed E-state index contributed by atoms with van der Waals surface area (Å²) in [4.78, 5) is 30.6. The molecule has 1 aromatic carbocycles. The number of rotatable bonds is 5. The third-order valence-electron chi connectivity index (χ3n) is 3.82. The van der Waals surface area contributed by atoms with Gasteiger partial charge in [0.25, 0.3) is 0 Å². The predicted molar refractivity (Wildman–Crippen MR) is 99.0 cm³/mol. The van der Waals surface area contributed by atoms with Crippen LogP contribution in [0, 0.1) is 5.41 Å². The van der Waals surface area contributed by atoms with Crippen LogP contribution >= 0.6 is 23.1 Å². The number of hydrogen-bond acceptors (Lipinski definition) is 5. The SMILES string of the molecule is CC1(C)CC(=O)c2sc(NC(=O)CCSc3ccccc3)nc2C1. The molecule has 0 fully saturated rings. The summed E-state index contributed by atoms with van der Waals surface area (Å²) in [6, 6.07) is 10.0. The number of Topliss-reactive ketones (excluding diaryl/α,β-unsaturated/α-hetero) is 1. The molecule has 1 aliphatic rings. The van der Waals surface area contributed by atoms with Gasteiger partial charge in [0.15, 0.2) is 10.9 Å². The molecule has 0 unspecified atom stereocenters. The van der Waals surface area contributed by atoms with Crippen molar-refractivity contribution in [3.8, 4) is 0 Å². The van der Waals surface area contributed by atoms with E-state index in [2.05, 4.69) is 24.1 Å². The number of nitrogens with zero attached hydrogens (tertiary/aromatic N) is 1. The molecule has 1 aromatic heterocycles. The standard InChI is InChI=1S/C18H20N2O2S2/c1-18(2)10-13-16(14(21)11-18)24-17(19-13)20-15(22)8-9-23-12-6-4-3-5-7-12/h3-7H,8-11H2,1-2H3,(H,19,20,22). The molecule has 0 atom stereocenters. The average Bonchev–Trinajstić information content (AvgIpc) is 2.89. The van der Waals surface area contributed by atoms with Gasteiger partial charge in [0.1, 0.15) is 0 Å². The van der Waals surface area contributed by atoms with Crippen LogP contribution in [0.4, 0.5) is 5.13 Å². The van der Waals surface area contributed by atoms with E-state index in [-0.39, 0.29) is 17.1 Å². The molecule has 4 nitrogen and oxygen atoms in total. The van der Waals surface area contributed by atoms with E-state index in [4.69, 9.17) is 0 Å². The zero-order chi connectivity index (χ0) is 17.2. The predicted octanol–water partition coefficient (Wildman–Crippen LogP) is 4.42. The van der Waals surface area contributed by atoms with Gasteiger partial charge in [-0.25, -0.2) is 4.98 Å². The summed E-state index contributed by atoms with van der Waals surface area (Å²) >= 11 is 2.96. The number of fused-ring (bicyclic) bond motifs is 1. The van der Waals surface area contributed by atoms with Crippen LogP contribution < -0.4 is 5.32 Å². The maximum atomic E-state index is 12.2. The lowest BCUT2D eigenvalue weighted by molar-refractivity contribution is -0.115. The highest BCUT2D eigenvalue weighted by atomic mass is 32.2. The van der Waals surface area contributed by atoms with Crippen molar-refractivity contribution in [3.63, 3.8) is 0 Å². The fourth-order valence-corrected chi connectivity index (χ4v) is 4.54. The number of hydrogen-bond donors (Lipinski definition) is 1. The lowest BCUT2D eigenvalue weighted by atomic mass is 9.78. The van der Waals surface area contributed by atoms with Crippen LogP contribution in [0.1, 0.15) is 42.1 Å². The van der Waals surface area contributed by atoms with Gasteiger partial charge in [-0.3, -0.25) is 9.59 Å². The van der Waals surface area contributed by atoms with Crippen molar-refractivity contribution in [2.45, 2.75) is 38.0 Å². The molecule has 6 heteroatoms. The molecule has 24 heavy (non-hydrogen) atoms. The molecule has 1 heterocycles. The first-order valence-electron chi connectivity index (χ1n) is 7.93. The number of thioether (sulfide) groups is 1. The number of carbonyl (C=O) groups excluding carboxylic acids is 2. The van der Waals surface area contributed by atoms with E-state index in [0.717, 1.165) is 17.0 Å². The number of anilines is 1. The highest BCUT2D eigenvalue weighted by Gasteiger charge is 2.34. The van der Waals surface area contributed by atoms with Gasteiger partial charge in [-0.2, -0.15) is 0 Å². The molecule has 0 bridgehead atoms. The Morgan fingerprint density at radius 2 is 2.04 bits per heavy atom. The van der Waals surface area contributed by atoms with Gasteiger partial charge in [0.05, 0.1) is 10.6 Å². The highest BCUT2D eigenvalue weighted by Crippen LogP contribution is 2.38. The van der Waals surface area contributed by atoms with Gasteiger partial charge < -0.3 is 5.32 Å². The van der Waals surface area contributed by atoms with Crippen LogP contribution in [0.3, 0.4) is 0 Å². The Hall–Kier alpha value is -1.66. The molecule has 1 aliphatic carbocycles. The van der Waals surface area contributed by atoms with Crippen LogP contribution in [-0.2, 0) is 11.2 Å². The second-order valence-electron chi connectivity index (χ2n) is 6.70. The Morgan fingerprint density at radius 3 is 2.79 bits per heavy atom. The van der Waals surface area contributed by atoms with E-state index >= 15 is 0 Å². The van der Waals surface area contributed by atoms with Crippen molar-refractivity contribution in [2.24, 2.45) is 5.41 Å². The Kier molecular flexibility index (Phi) is 5.06. The number of nitrogens with one attached hydrogen (secondary N) is 1. The van der Waals surface area contributed by atoms with Crippen LogP contribution in [-0.4, -0.2) is 22.4 Å². The molecule has 0 saturated heterocycles. The average molecular weight is 361 g/mol. The Morgan fingerprint density at radius 1 is 1.29 bits per heavy atom. The topological polar surface area (TPSA) is 59.1 Å². The van der Waals surface area contributed by atoms with Crippen LogP contribution in [0.5, 0.6) is 0 Å². The second-order valence-corrected chi connectivity index (χ2v) is 8.86. The molecular formula is C18H20N2O2S2. The van der Waals surface area contributed by atoms with E-state index < -0.39 is 0 Å². The summed E-state index contributed by atoms with van der Waals surface area (Å²) in [5.41, 5.74) is 0.779. The minimum absolute atomic E-state index is 0.0498. The first kappa shape index (κ1) is 17.2. The third kappa shape index (κ3) is 4.24. The molecule has 1 N–H and O–H groups in total. The fourth-order valence-electron chi connectivity index (χ4n) is 2.73. The van der Waals surface area contributed by atoms with Crippen molar-refractivity contribution in [2.75, 3.05) is 11.1 Å². The quantitative estimate of drug-likeness (QED) is 0.802. The monoisotopic (exact) mass is 360 g/mol. The molecule has 2 aromatic rings. The molecule has 0 radical (unpaired) electrons. The highest BCUT2D eigenvalue weighted by molar-refractivity contribution is 7.99. The van der Waals surface area contributed by atoms with Crippen molar-refractivity contribution in [1.82, 2.24) is 4.98 Å². The molecule has 0 saturated carbocycles. The third-order valence-corrected chi connectivity index (χ3v) is 5.89. The smallest absolute Gasteiger partial charge is 0.226 e. The van der Waals surface area contributed by atoms with Crippen molar-refractivity contribution in [1.29, 1.82) is 0 Å². The first-order valence-corrected chi connectivity index (χ1v) is 9.74. The van der Waals surface area contributed by atoms with Crippen LogP contribution in [0.25, 0.3) is 0 Å². The Labute approximate surface area is 150 Å². The summed E-state index contributed by atoms with van der Waals surface area (Å²) in [5.74, 6) is 0.794. The van der Waals surface area contributed by atoms with Crippen LogP contribution in [0.2, 0.25) is 0 Å². The molecule has 3 rings (SSSR count). The molecule has 0 spiro atoms. The number of aromatic nitrogens is 1. The van der Waals surface area contributed by atoms with Gasteiger partial charge in [-0.15, -0.1) is 11.8 Å². The van der Waals surface area contributed by atoms with E-state index in [9.17, 15) is 9.59 Å². The number of ketones is 1. The minimum Gasteiger partial charge on any atom is -0.302 e. The van der Waals surface area contributed by atoms with E-state index in [1.165, 1.54) is 11.3 Å². The van der Waals surface area contributed by atoms with Gasteiger partial charge in [0, 0.05) is 23.5 Å². The molecule has 126 valence electrons. The lowest BCUT2D eigenvalue weighted by Gasteiger charge is -2.26. The molecule has 1 amide bonds. The zero-order valence-electron chi connectivity index (χ0n) is 13.8. The summed E-state index contributed by atoms with van der Waals surface area (Å²) < 4.78 is 0. The minimum atomic E-state index is -0.0590. The van der Waals surface area contributed by atoms with Gasteiger partial charge >= 0.3 is 0 Å². The maximum absolute atomic E-state index is 12.2. The largest absolute Gasteiger partial charge is 0.302 e. The summed E-state index contributed by atoms with van der Waals surface area (Å²) in [6.07, 6.45) is 1.75. The molecule has 0 aliphatic heterocycles. The lowest BCUT2D eigenvalue weighted by Crippen LogP contribution is -2.26. The van der Waals surface area contributed by atoms with Crippen molar-refractivity contribution < 1.29 is 9.59 Å². The number of amides is 1. The number of thiazole rings is 1. The van der Waals surface area contributed by atoms with Crippen molar-refractivity contribution in [3.05, 3.63) is 40.9 Å². The molecular weight excluding hydrogens is 340 g/mol. The Bertz CT molecular complexity index is 754. The first-order chi connectivity index (χ1) is 11.4. The van der Waals surface area contributed by atoms with E-state index in [1.807, 2.05) is 30.3 Å². The van der Waals surface area contributed by atoms with Gasteiger partial charge in [-0.1, -0.05) is 43.4 Å². The summed E-state index contributed by atoms with van der Waals surface area (Å²) in [7, 11) is 0. The fraction of sp³-hybridized carbons (Fsp3) is 0.389. The maximum Gasteiger partial charge on any atom is 0.226 e. The van der Waals surface area contributed by atoms with Gasteiger partial charge in [0.2, 0.25) is 5.91 Å². The second kappa shape index (κ2) is 7.07.